The van der Waals surface area contributed by atoms with Crippen molar-refractivity contribution in [2.45, 2.75) is 62.8 Å². The molecule has 0 spiro atoms. The van der Waals surface area contributed by atoms with Crippen LogP contribution in [-0.4, -0.2) is 18.0 Å². The molecule has 0 radical (unpaired) electrons. The van der Waals surface area contributed by atoms with E-state index in [1.807, 2.05) is 0 Å². The van der Waals surface area contributed by atoms with Gasteiger partial charge in [0.2, 0.25) is 5.79 Å². The average Bonchev–Trinajstić information content (AvgIpc) is 2.15. The molecule has 0 N–H and O–H groups in total. The molecule has 1 saturated carbocycles. The van der Waals surface area contributed by atoms with E-state index in [1.165, 1.54) is 25.7 Å². The smallest absolute Gasteiger partial charge is 0.234 e. The molecule has 3 heteroatoms. The highest BCUT2D eigenvalue weighted by atomic mass is 17.3. The zero-order chi connectivity index (χ0) is 9.49. The highest BCUT2D eigenvalue weighted by molar-refractivity contribution is 5.02. The zero-order valence-corrected chi connectivity index (χ0v) is 8.59. The fourth-order valence-electron chi connectivity index (χ4n) is 3.06. The van der Waals surface area contributed by atoms with Crippen LogP contribution in [0.15, 0.2) is 0 Å². The molecular weight excluding hydrogens is 180 g/mol. The topological polar surface area (TPSA) is 27.7 Å². The van der Waals surface area contributed by atoms with Crippen molar-refractivity contribution in [2.24, 2.45) is 0 Å². The van der Waals surface area contributed by atoms with Crippen LogP contribution in [-0.2, 0) is 14.5 Å². The summed E-state index contributed by atoms with van der Waals surface area (Å²) in [5.74, 6) is -0.355. The van der Waals surface area contributed by atoms with E-state index in [2.05, 4.69) is 0 Å². The van der Waals surface area contributed by atoms with Crippen LogP contribution in [0.1, 0.15) is 51.4 Å². The maximum Gasteiger partial charge on any atom is 0.234 e. The van der Waals surface area contributed by atoms with E-state index in [-0.39, 0.29) is 11.4 Å². The van der Waals surface area contributed by atoms with Crippen molar-refractivity contribution in [1.29, 1.82) is 0 Å². The lowest BCUT2D eigenvalue weighted by Crippen LogP contribution is -2.70. The van der Waals surface area contributed by atoms with Crippen LogP contribution in [0.2, 0.25) is 0 Å². The molecule has 3 fully saturated rings. The average molecular weight is 198 g/mol. The Balaban J connectivity index is 1.84. The van der Waals surface area contributed by atoms with Gasteiger partial charge in [0.1, 0.15) is 0 Å². The first-order valence-electron chi connectivity index (χ1n) is 5.88. The van der Waals surface area contributed by atoms with Crippen LogP contribution in [0.5, 0.6) is 0 Å². The molecule has 0 bridgehead atoms. The normalized spacial score (nSPS) is 48.0. The van der Waals surface area contributed by atoms with Crippen LogP contribution in [0.4, 0.5) is 0 Å². The first kappa shape index (κ1) is 9.13. The van der Waals surface area contributed by atoms with Crippen LogP contribution in [0.25, 0.3) is 0 Å². The predicted octanol–water partition coefficient (Wildman–Crippen LogP) is 2.55. The lowest BCUT2D eigenvalue weighted by Gasteiger charge is -2.58. The Labute approximate surface area is 84.6 Å². The van der Waals surface area contributed by atoms with Gasteiger partial charge in [-0.2, -0.15) is 4.89 Å². The molecule has 2 saturated heterocycles. The Kier molecular flexibility index (Phi) is 2.08. The second kappa shape index (κ2) is 3.19. The number of rotatable bonds is 0. The van der Waals surface area contributed by atoms with Crippen molar-refractivity contribution in [1.82, 2.24) is 0 Å². The van der Waals surface area contributed by atoms with Crippen molar-refractivity contribution >= 4 is 0 Å². The Morgan fingerprint density at radius 1 is 0.714 bits per heavy atom. The van der Waals surface area contributed by atoms with Crippen molar-refractivity contribution in [3.05, 3.63) is 0 Å². The van der Waals surface area contributed by atoms with Gasteiger partial charge in [0, 0.05) is 6.42 Å². The Bertz CT molecular complexity index is 207. The molecular formula is C11H18O3. The summed E-state index contributed by atoms with van der Waals surface area (Å²) >= 11 is 0. The molecule has 2 aliphatic heterocycles. The lowest BCUT2D eigenvalue weighted by atomic mass is 9.76. The SMILES string of the molecule is C1CCCC23OCCCC2(CC1)OO3. The predicted molar refractivity (Wildman–Crippen MR) is 50.5 cm³/mol. The fourth-order valence-corrected chi connectivity index (χ4v) is 3.06. The third-order valence-electron chi connectivity index (χ3n) is 3.93. The van der Waals surface area contributed by atoms with Gasteiger partial charge in [0.25, 0.3) is 0 Å². The third kappa shape index (κ3) is 1.09. The van der Waals surface area contributed by atoms with E-state index >= 15 is 0 Å². The van der Waals surface area contributed by atoms with Gasteiger partial charge in [-0.1, -0.05) is 19.3 Å². The Morgan fingerprint density at radius 3 is 2.29 bits per heavy atom. The minimum Gasteiger partial charge on any atom is -0.345 e. The summed E-state index contributed by atoms with van der Waals surface area (Å²) < 4.78 is 5.85. The van der Waals surface area contributed by atoms with E-state index in [4.69, 9.17) is 14.5 Å². The first-order chi connectivity index (χ1) is 6.87. The molecule has 0 aromatic heterocycles. The van der Waals surface area contributed by atoms with E-state index in [1.54, 1.807) is 0 Å². The Hall–Kier alpha value is -0.120. The third-order valence-corrected chi connectivity index (χ3v) is 3.93. The summed E-state index contributed by atoms with van der Waals surface area (Å²) in [5, 5.41) is 0. The number of hydrogen-bond acceptors (Lipinski definition) is 3. The van der Waals surface area contributed by atoms with Crippen LogP contribution in [0, 0.1) is 0 Å². The first-order valence-corrected chi connectivity index (χ1v) is 5.88. The van der Waals surface area contributed by atoms with Gasteiger partial charge < -0.3 is 4.74 Å². The number of ether oxygens (including phenoxy) is 1. The monoisotopic (exact) mass is 198 g/mol. The minimum atomic E-state index is -0.355. The highest BCUT2D eigenvalue weighted by Crippen LogP contribution is 2.54. The summed E-state index contributed by atoms with van der Waals surface area (Å²) in [6, 6.07) is 0. The molecule has 2 unspecified atom stereocenters. The molecule has 0 aromatic carbocycles. The molecule has 0 aromatic rings. The molecule has 3 nitrogen and oxygen atoms in total. The molecule has 0 amide bonds. The maximum absolute atomic E-state index is 5.85. The Morgan fingerprint density at radius 2 is 1.50 bits per heavy atom. The molecule has 3 rings (SSSR count). The largest absolute Gasteiger partial charge is 0.345 e. The van der Waals surface area contributed by atoms with E-state index in [0.29, 0.717) is 0 Å². The summed E-state index contributed by atoms with van der Waals surface area (Å²) in [7, 11) is 0. The van der Waals surface area contributed by atoms with Crippen molar-refractivity contribution in [3.63, 3.8) is 0 Å². The van der Waals surface area contributed by atoms with Gasteiger partial charge in [-0.25, -0.2) is 4.89 Å². The maximum atomic E-state index is 5.85. The summed E-state index contributed by atoms with van der Waals surface area (Å²) in [6.45, 7) is 0.838. The highest BCUT2D eigenvalue weighted by Gasteiger charge is 2.65. The van der Waals surface area contributed by atoms with Gasteiger partial charge in [0.15, 0.2) is 5.60 Å². The molecule has 2 heterocycles. The van der Waals surface area contributed by atoms with E-state index in [0.717, 1.165) is 32.3 Å². The van der Waals surface area contributed by atoms with Gasteiger partial charge in [-0.3, -0.25) is 0 Å². The quantitative estimate of drug-likeness (QED) is 0.560. The van der Waals surface area contributed by atoms with Crippen LogP contribution in [0.3, 0.4) is 0 Å². The van der Waals surface area contributed by atoms with Crippen LogP contribution < -0.4 is 0 Å². The second-order valence-corrected chi connectivity index (χ2v) is 4.78. The van der Waals surface area contributed by atoms with Gasteiger partial charge in [-0.05, 0) is 25.7 Å². The van der Waals surface area contributed by atoms with Crippen molar-refractivity contribution < 1.29 is 14.5 Å². The van der Waals surface area contributed by atoms with Gasteiger partial charge in [0.05, 0.1) is 6.61 Å². The molecule has 2 atom stereocenters. The van der Waals surface area contributed by atoms with Gasteiger partial charge in [-0.15, -0.1) is 0 Å². The molecule has 14 heavy (non-hydrogen) atoms. The van der Waals surface area contributed by atoms with Gasteiger partial charge >= 0.3 is 0 Å². The van der Waals surface area contributed by atoms with Crippen molar-refractivity contribution in [2.75, 3.05) is 6.61 Å². The zero-order valence-electron chi connectivity index (χ0n) is 8.59. The van der Waals surface area contributed by atoms with E-state index < -0.39 is 0 Å². The lowest BCUT2D eigenvalue weighted by molar-refractivity contribution is -0.623. The van der Waals surface area contributed by atoms with E-state index in [9.17, 15) is 0 Å². The summed E-state index contributed by atoms with van der Waals surface area (Å²) in [4.78, 5) is 10.8. The minimum absolute atomic E-state index is 0.0777. The number of hydrogen-bond donors (Lipinski definition) is 0. The summed E-state index contributed by atoms with van der Waals surface area (Å²) in [6.07, 6.45) is 9.49. The van der Waals surface area contributed by atoms with Crippen molar-refractivity contribution in [3.8, 4) is 0 Å². The summed E-state index contributed by atoms with van der Waals surface area (Å²) in [5.41, 5.74) is -0.0777. The molecule has 3 aliphatic rings. The van der Waals surface area contributed by atoms with Crippen LogP contribution >= 0.6 is 0 Å². The molecule has 1 aliphatic carbocycles. The standard InChI is InChI=1S/C11H18O3/c1-2-4-8-11-10(6-3-1,13-14-11)7-5-9-12-11/h1-9H2. The second-order valence-electron chi connectivity index (χ2n) is 4.78. The molecule has 80 valence electrons. The fraction of sp³-hybridized carbons (Fsp3) is 1.00.